The molecule has 0 heterocycles. The van der Waals surface area contributed by atoms with Crippen LogP contribution in [0.15, 0.2) is 0 Å². The van der Waals surface area contributed by atoms with Gasteiger partial charge in [0.25, 0.3) is 0 Å². The van der Waals surface area contributed by atoms with E-state index in [-0.39, 0.29) is 22.3 Å². The van der Waals surface area contributed by atoms with Gasteiger partial charge < -0.3 is 0 Å². The Balaban J connectivity index is 2.36. The predicted molar refractivity (Wildman–Crippen MR) is 83.4 cm³/mol. The van der Waals surface area contributed by atoms with Crippen LogP contribution in [0.5, 0.6) is 0 Å². The topological polar surface area (TPSA) is 54.5 Å². The van der Waals surface area contributed by atoms with Crippen molar-refractivity contribution in [2.75, 3.05) is 18.8 Å². The minimum absolute atomic E-state index is 0.0800. The standard InChI is InChI=1S/C14H24BrNO3S/c1-5-16(6-2)20(18,19)9-14(4)10-7-8-13(14,3)12(17)11(10)15/h10-11H,5-9H2,1-4H3/t10-,11-,13+,14+/m1/s1. The van der Waals surface area contributed by atoms with Crippen molar-refractivity contribution in [3.63, 3.8) is 0 Å². The van der Waals surface area contributed by atoms with Crippen LogP contribution in [0.4, 0.5) is 0 Å². The molecule has 2 aliphatic rings. The highest BCUT2D eigenvalue weighted by molar-refractivity contribution is 9.10. The predicted octanol–water partition coefficient (Wildman–Crippen LogP) is 2.43. The molecular weight excluding hydrogens is 342 g/mol. The van der Waals surface area contributed by atoms with Gasteiger partial charge in [-0.25, -0.2) is 12.7 Å². The first-order valence-corrected chi connectivity index (χ1v) is 9.82. The zero-order valence-electron chi connectivity index (χ0n) is 12.6. The van der Waals surface area contributed by atoms with Crippen LogP contribution in [0.25, 0.3) is 0 Å². The zero-order valence-corrected chi connectivity index (χ0v) is 15.1. The number of rotatable bonds is 5. The maximum Gasteiger partial charge on any atom is 0.214 e. The Morgan fingerprint density at radius 1 is 1.30 bits per heavy atom. The third kappa shape index (κ3) is 2.02. The van der Waals surface area contributed by atoms with Crippen LogP contribution in [0, 0.1) is 16.7 Å². The highest BCUT2D eigenvalue weighted by Crippen LogP contribution is 2.65. The molecular formula is C14H24BrNO3S. The lowest BCUT2D eigenvalue weighted by Gasteiger charge is -2.37. The van der Waals surface area contributed by atoms with E-state index in [0.29, 0.717) is 13.1 Å². The Morgan fingerprint density at radius 2 is 1.85 bits per heavy atom. The lowest BCUT2D eigenvalue weighted by molar-refractivity contribution is -0.127. The van der Waals surface area contributed by atoms with Crippen LogP contribution in [0.1, 0.15) is 40.5 Å². The van der Waals surface area contributed by atoms with E-state index < -0.39 is 20.9 Å². The molecule has 0 radical (unpaired) electrons. The van der Waals surface area contributed by atoms with Gasteiger partial charge in [0.15, 0.2) is 5.78 Å². The zero-order chi connectivity index (χ0) is 15.3. The second kappa shape index (κ2) is 5.06. The van der Waals surface area contributed by atoms with Crippen LogP contribution in [-0.2, 0) is 14.8 Å². The Morgan fingerprint density at radius 3 is 2.25 bits per heavy atom. The fraction of sp³-hybridized carbons (Fsp3) is 0.929. The molecule has 0 amide bonds. The number of ketones is 1. The third-order valence-corrected chi connectivity index (χ3v) is 9.08. The molecule has 116 valence electrons. The van der Waals surface area contributed by atoms with Gasteiger partial charge in [-0.1, -0.05) is 43.6 Å². The fourth-order valence-corrected chi connectivity index (χ4v) is 7.78. The second-order valence-electron chi connectivity index (χ2n) is 6.50. The van der Waals surface area contributed by atoms with Gasteiger partial charge in [0, 0.05) is 18.5 Å². The fourth-order valence-electron chi connectivity index (χ4n) is 4.17. The summed E-state index contributed by atoms with van der Waals surface area (Å²) >= 11 is 3.49. The number of Topliss-reactive ketones (excluding diaryl/α,β-unsaturated/α-hetero) is 1. The van der Waals surface area contributed by atoms with Gasteiger partial charge in [0.1, 0.15) is 0 Å². The average molecular weight is 366 g/mol. The van der Waals surface area contributed by atoms with Crippen LogP contribution in [0.2, 0.25) is 0 Å². The summed E-state index contributed by atoms with van der Waals surface area (Å²) in [6, 6.07) is 0. The average Bonchev–Trinajstić information content (AvgIpc) is 2.66. The highest BCUT2D eigenvalue weighted by Gasteiger charge is 2.68. The summed E-state index contributed by atoms with van der Waals surface area (Å²) in [6.07, 6.45) is 1.74. The molecule has 4 nitrogen and oxygen atoms in total. The number of carbonyl (C=O) groups is 1. The van der Waals surface area contributed by atoms with E-state index in [1.54, 1.807) is 0 Å². The molecule has 2 saturated carbocycles. The second-order valence-corrected chi connectivity index (χ2v) is 9.46. The number of halogens is 1. The van der Waals surface area contributed by atoms with Gasteiger partial charge in [-0.05, 0) is 24.2 Å². The van der Waals surface area contributed by atoms with Crippen LogP contribution >= 0.6 is 15.9 Å². The molecule has 2 bridgehead atoms. The minimum atomic E-state index is -3.31. The van der Waals surface area contributed by atoms with Crippen LogP contribution in [-0.4, -0.2) is 42.2 Å². The summed E-state index contributed by atoms with van der Waals surface area (Å²) < 4.78 is 26.8. The quantitative estimate of drug-likeness (QED) is 0.703. The molecule has 0 aromatic rings. The molecule has 0 saturated heterocycles. The van der Waals surface area contributed by atoms with Crippen molar-refractivity contribution in [2.45, 2.75) is 45.4 Å². The van der Waals surface area contributed by atoms with Crippen molar-refractivity contribution in [1.29, 1.82) is 0 Å². The number of fused-ring (bicyclic) bond motifs is 2. The number of sulfonamides is 1. The molecule has 4 atom stereocenters. The molecule has 0 aromatic heterocycles. The molecule has 2 aliphatic carbocycles. The largest absolute Gasteiger partial charge is 0.298 e. The molecule has 0 aliphatic heterocycles. The maximum atomic E-state index is 12.6. The van der Waals surface area contributed by atoms with E-state index in [0.717, 1.165) is 12.8 Å². The molecule has 6 heteroatoms. The first-order valence-electron chi connectivity index (χ1n) is 7.30. The number of nitrogens with zero attached hydrogens (tertiary/aromatic N) is 1. The van der Waals surface area contributed by atoms with Crippen molar-refractivity contribution in [3.05, 3.63) is 0 Å². The Hall–Kier alpha value is 0.0600. The van der Waals surface area contributed by atoms with Gasteiger partial charge in [0.05, 0.1) is 10.6 Å². The monoisotopic (exact) mass is 365 g/mol. The first kappa shape index (κ1) is 16.4. The van der Waals surface area contributed by atoms with E-state index in [2.05, 4.69) is 15.9 Å². The SMILES string of the molecule is CCN(CC)S(=O)(=O)C[C@@]1(C)[C@@H]2CC[C@@]1(C)C(=O)[C@@H]2Br. The van der Waals surface area contributed by atoms with Crippen molar-refractivity contribution >= 4 is 31.7 Å². The molecule has 0 aromatic carbocycles. The summed E-state index contributed by atoms with van der Waals surface area (Å²) in [5.41, 5.74) is -0.967. The lowest BCUT2D eigenvalue weighted by atomic mass is 9.70. The summed E-state index contributed by atoms with van der Waals surface area (Å²) in [5.74, 6) is 0.396. The molecule has 0 spiro atoms. The van der Waals surface area contributed by atoms with E-state index in [1.807, 2.05) is 27.7 Å². The number of alkyl halides is 1. The molecule has 0 unspecified atom stereocenters. The number of hydrogen-bond donors (Lipinski definition) is 0. The van der Waals surface area contributed by atoms with Gasteiger partial charge >= 0.3 is 0 Å². The maximum absolute atomic E-state index is 12.6. The molecule has 0 N–H and O–H groups in total. The third-order valence-electron chi connectivity index (χ3n) is 5.76. The van der Waals surface area contributed by atoms with Gasteiger partial charge in [-0.2, -0.15) is 0 Å². The molecule has 2 rings (SSSR count). The van der Waals surface area contributed by atoms with E-state index in [9.17, 15) is 13.2 Å². The number of carbonyl (C=O) groups excluding carboxylic acids is 1. The highest BCUT2D eigenvalue weighted by atomic mass is 79.9. The van der Waals surface area contributed by atoms with Crippen molar-refractivity contribution in [1.82, 2.24) is 4.31 Å². The van der Waals surface area contributed by atoms with E-state index in [4.69, 9.17) is 0 Å². The molecule has 20 heavy (non-hydrogen) atoms. The van der Waals surface area contributed by atoms with Gasteiger partial charge in [-0.15, -0.1) is 0 Å². The van der Waals surface area contributed by atoms with Crippen molar-refractivity contribution in [3.8, 4) is 0 Å². The minimum Gasteiger partial charge on any atom is -0.298 e. The summed E-state index contributed by atoms with van der Waals surface area (Å²) in [4.78, 5) is 12.3. The Labute approximate surface area is 130 Å². The van der Waals surface area contributed by atoms with Crippen molar-refractivity contribution < 1.29 is 13.2 Å². The summed E-state index contributed by atoms with van der Waals surface area (Å²) in [5, 5.41) is 0. The van der Waals surface area contributed by atoms with Crippen molar-refractivity contribution in [2.24, 2.45) is 16.7 Å². The van der Waals surface area contributed by atoms with Gasteiger partial charge in [-0.3, -0.25) is 4.79 Å². The smallest absolute Gasteiger partial charge is 0.214 e. The molecule has 2 fully saturated rings. The first-order chi connectivity index (χ1) is 9.14. The Bertz CT molecular complexity index is 517. The normalized spacial score (nSPS) is 40.8. The Kier molecular flexibility index (Phi) is 4.15. The van der Waals surface area contributed by atoms with Gasteiger partial charge in [0.2, 0.25) is 10.0 Å². The summed E-state index contributed by atoms with van der Waals surface area (Å²) in [6.45, 7) is 8.63. The van der Waals surface area contributed by atoms with E-state index >= 15 is 0 Å². The van der Waals surface area contributed by atoms with Crippen LogP contribution in [0.3, 0.4) is 0 Å². The van der Waals surface area contributed by atoms with E-state index in [1.165, 1.54) is 4.31 Å². The summed E-state index contributed by atoms with van der Waals surface area (Å²) in [7, 11) is -3.31. The van der Waals surface area contributed by atoms with Crippen LogP contribution < -0.4 is 0 Å². The number of hydrogen-bond acceptors (Lipinski definition) is 3. The lowest BCUT2D eigenvalue weighted by Crippen LogP contribution is -2.45.